The van der Waals surface area contributed by atoms with Gasteiger partial charge in [-0.2, -0.15) is 4.99 Å². The Morgan fingerprint density at radius 3 is 2.17 bits per heavy atom. The van der Waals surface area contributed by atoms with Crippen molar-refractivity contribution < 1.29 is 18.0 Å². The van der Waals surface area contributed by atoms with Crippen molar-refractivity contribution in [3.05, 3.63) is 71.0 Å². The molecule has 162 valence electrons. The molecule has 0 heterocycles. The van der Waals surface area contributed by atoms with Crippen molar-refractivity contribution in [1.29, 1.82) is 0 Å². The Kier molecular flexibility index (Phi) is 8.37. The van der Waals surface area contributed by atoms with Gasteiger partial charge in [-0.05, 0) is 54.3 Å². The van der Waals surface area contributed by atoms with E-state index in [-0.39, 0.29) is 29.4 Å². The van der Waals surface area contributed by atoms with Crippen molar-refractivity contribution in [2.45, 2.75) is 32.5 Å². The van der Waals surface area contributed by atoms with Gasteiger partial charge in [0.25, 0.3) is 5.91 Å². The van der Waals surface area contributed by atoms with Crippen molar-refractivity contribution in [1.82, 2.24) is 10.6 Å². The quantitative estimate of drug-likeness (QED) is 0.313. The molecule has 0 aliphatic carbocycles. The van der Waals surface area contributed by atoms with Gasteiger partial charge in [-0.1, -0.05) is 13.8 Å². The molecular weight excluding hydrogens is 395 g/mol. The smallest absolute Gasteiger partial charge is 0.280 e. The Labute approximate surface area is 173 Å². The van der Waals surface area contributed by atoms with Crippen LogP contribution in [0, 0.1) is 23.4 Å². The van der Waals surface area contributed by atoms with Crippen molar-refractivity contribution in [2.75, 3.05) is 6.54 Å². The fourth-order valence-electron chi connectivity index (χ4n) is 2.62. The molecule has 0 aliphatic heterocycles. The predicted octanol–water partition coefficient (Wildman–Crippen LogP) is 2.81. The van der Waals surface area contributed by atoms with E-state index in [1.165, 1.54) is 24.3 Å². The molecule has 1 amide bonds. The van der Waals surface area contributed by atoms with Crippen LogP contribution in [-0.2, 0) is 0 Å². The summed E-state index contributed by atoms with van der Waals surface area (Å²) in [5.74, 6) is -2.12. The lowest BCUT2D eigenvalue weighted by atomic mass is 10.0. The number of halogens is 3. The summed E-state index contributed by atoms with van der Waals surface area (Å²) < 4.78 is 39.9. The Morgan fingerprint density at radius 1 is 1.00 bits per heavy atom. The van der Waals surface area contributed by atoms with Crippen LogP contribution >= 0.6 is 0 Å². The summed E-state index contributed by atoms with van der Waals surface area (Å²) >= 11 is 0. The Hall–Kier alpha value is -2.91. The number of rotatable bonds is 7. The molecule has 0 aliphatic rings. The molecule has 6 N–H and O–H groups in total. The molecule has 6 nitrogen and oxygen atoms in total. The SMILES string of the molecule is CC(C)CN/C(=N/C(=O)c1ccc(F)cc1)NC(N)CC(N)c1cc(F)cc(F)c1. The highest BCUT2D eigenvalue weighted by Crippen LogP contribution is 2.17. The van der Waals surface area contributed by atoms with Gasteiger partial charge < -0.3 is 22.1 Å². The second kappa shape index (κ2) is 10.7. The lowest BCUT2D eigenvalue weighted by Crippen LogP contribution is -2.49. The van der Waals surface area contributed by atoms with Crippen LogP contribution in [0.1, 0.15) is 42.2 Å². The van der Waals surface area contributed by atoms with Crippen molar-refractivity contribution in [3.8, 4) is 0 Å². The molecule has 9 heteroatoms. The van der Waals surface area contributed by atoms with Crippen LogP contribution < -0.4 is 22.1 Å². The summed E-state index contributed by atoms with van der Waals surface area (Å²) in [4.78, 5) is 16.4. The first-order valence-corrected chi connectivity index (χ1v) is 9.50. The van der Waals surface area contributed by atoms with Crippen LogP contribution in [0.25, 0.3) is 0 Å². The van der Waals surface area contributed by atoms with Crippen LogP contribution in [0.5, 0.6) is 0 Å². The summed E-state index contributed by atoms with van der Waals surface area (Å²) in [6.07, 6.45) is -0.638. The normalized spacial score (nSPS) is 13.8. The number of carbonyl (C=O) groups is 1. The first-order chi connectivity index (χ1) is 14.1. The molecule has 2 rings (SSSR count). The molecule has 2 atom stereocenters. The maximum absolute atomic E-state index is 13.4. The summed E-state index contributed by atoms with van der Waals surface area (Å²) in [5, 5.41) is 5.87. The molecule has 0 spiro atoms. The fraction of sp³-hybridized carbons (Fsp3) is 0.333. The molecule has 0 saturated carbocycles. The van der Waals surface area contributed by atoms with Gasteiger partial charge in [0.15, 0.2) is 0 Å². The molecule has 0 bridgehead atoms. The van der Waals surface area contributed by atoms with Crippen molar-refractivity contribution >= 4 is 11.9 Å². The second-order valence-corrected chi connectivity index (χ2v) is 7.34. The van der Waals surface area contributed by atoms with Gasteiger partial charge in [-0.15, -0.1) is 0 Å². The van der Waals surface area contributed by atoms with E-state index in [0.717, 1.165) is 18.2 Å². The van der Waals surface area contributed by atoms with Crippen LogP contribution in [0.15, 0.2) is 47.5 Å². The summed E-state index contributed by atoms with van der Waals surface area (Å²) in [5.41, 5.74) is 12.6. The minimum atomic E-state index is -0.759. The summed E-state index contributed by atoms with van der Waals surface area (Å²) in [6.45, 7) is 4.46. The lowest BCUT2D eigenvalue weighted by Gasteiger charge is -2.22. The Balaban J connectivity index is 2.10. The average Bonchev–Trinajstić information content (AvgIpc) is 2.65. The highest BCUT2D eigenvalue weighted by Gasteiger charge is 2.16. The number of hydrogen-bond donors (Lipinski definition) is 4. The van der Waals surface area contributed by atoms with E-state index < -0.39 is 35.6 Å². The van der Waals surface area contributed by atoms with Crippen LogP contribution in [0.2, 0.25) is 0 Å². The standard InChI is InChI=1S/C21H26F3N5O/c1-12(2)11-27-21(29-20(30)13-3-5-15(22)6-4-13)28-19(26)10-18(25)14-7-16(23)9-17(24)8-14/h3-9,12,18-19H,10-11,25-26H2,1-2H3,(H2,27,28,29,30). The molecule has 2 aromatic carbocycles. The van der Waals surface area contributed by atoms with E-state index in [0.29, 0.717) is 6.54 Å². The van der Waals surface area contributed by atoms with Gasteiger partial charge in [-0.3, -0.25) is 4.79 Å². The number of carbonyl (C=O) groups excluding carboxylic acids is 1. The minimum Gasteiger partial charge on any atom is -0.356 e. The molecule has 0 radical (unpaired) electrons. The van der Waals surface area contributed by atoms with E-state index >= 15 is 0 Å². The van der Waals surface area contributed by atoms with E-state index in [1.54, 1.807) is 0 Å². The third-order valence-electron chi connectivity index (χ3n) is 4.13. The van der Waals surface area contributed by atoms with Crippen LogP contribution in [-0.4, -0.2) is 24.6 Å². The number of nitrogens with two attached hydrogens (primary N) is 2. The number of hydrogen-bond acceptors (Lipinski definition) is 3. The first kappa shape index (κ1) is 23.4. The first-order valence-electron chi connectivity index (χ1n) is 9.50. The van der Waals surface area contributed by atoms with Crippen LogP contribution in [0.4, 0.5) is 13.2 Å². The lowest BCUT2D eigenvalue weighted by molar-refractivity contribution is 0.100. The second-order valence-electron chi connectivity index (χ2n) is 7.34. The predicted molar refractivity (Wildman–Crippen MR) is 110 cm³/mol. The number of nitrogens with one attached hydrogen (secondary N) is 2. The van der Waals surface area contributed by atoms with Crippen LogP contribution in [0.3, 0.4) is 0 Å². The zero-order valence-electron chi connectivity index (χ0n) is 16.8. The number of nitrogens with zero attached hydrogens (tertiary/aromatic N) is 1. The largest absolute Gasteiger partial charge is 0.356 e. The molecule has 0 aromatic heterocycles. The Morgan fingerprint density at radius 2 is 1.60 bits per heavy atom. The topological polar surface area (TPSA) is 106 Å². The van der Waals surface area contributed by atoms with Gasteiger partial charge in [0.2, 0.25) is 5.96 Å². The molecule has 0 saturated heterocycles. The zero-order chi connectivity index (χ0) is 22.3. The van der Waals surface area contributed by atoms with E-state index in [4.69, 9.17) is 11.5 Å². The van der Waals surface area contributed by atoms with Crippen molar-refractivity contribution in [3.63, 3.8) is 0 Å². The van der Waals surface area contributed by atoms with E-state index in [2.05, 4.69) is 15.6 Å². The maximum Gasteiger partial charge on any atom is 0.280 e. The third kappa shape index (κ3) is 7.49. The fourth-order valence-corrected chi connectivity index (χ4v) is 2.62. The maximum atomic E-state index is 13.4. The van der Waals surface area contributed by atoms with E-state index in [1.807, 2.05) is 13.8 Å². The van der Waals surface area contributed by atoms with E-state index in [9.17, 15) is 18.0 Å². The number of guanidine groups is 1. The van der Waals surface area contributed by atoms with Crippen molar-refractivity contribution in [2.24, 2.45) is 22.4 Å². The van der Waals surface area contributed by atoms with Gasteiger partial charge >= 0.3 is 0 Å². The monoisotopic (exact) mass is 421 g/mol. The average molecular weight is 421 g/mol. The highest BCUT2D eigenvalue weighted by molar-refractivity contribution is 6.02. The minimum absolute atomic E-state index is 0.121. The van der Waals surface area contributed by atoms with Gasteiger partial charge in [0.1, 0.15) is 17.5 Å². The zero-order valence-corrected chi connectivity index (χ0v) is 16.8. The summed E-state index contributed by atoms with van der Waals surface area (Å²) in [7, 11) is 0. The number of benzene rings is 2. The molecule has 0 fully saturated rings. The number of amides is 1. The molecule has 2 aromatic rings. The number of aliphatic imine (C=N–C) groups is 1. The highest BCUT2D eigenvalue weighted by atomic mass is 19.1. The van der Waals surface area contributed by atoms with Gasteiger partial charge in [0.05, 0.1) is 6.17 Å². The van der Waals surface area contributed by atoms with Gasteiger partial charge in [-0.25, -0.2) is 13.2 Å². The van der Waals surface area contributed by atoms with Gasteiger partial charge in [0, 0.05) is 24.2 Å². The summed E-state index contributed by atoms with van der Waals surface area (Å²) in [6, 6.07) is 7.30. The molecular formula is C21H26F3N5O. The molecule has 30 heavy (non-hydrogen) atoms. The Bertz CT molecular complexity index is 866. The third-order valence-corrected chi connectivity index (χ3v) is 4.13. The molecule has 2 unspecified atom stereocenters.